The summed E-state index contributed by atoms with van der Waals surface area (Å²) in [6, 6.07) is 16.0. The molecule has 1 aromatic heterocycles. The molecule has 0 aliphatic rings. The average Bonchev–Trinajstić information content (AvgIpc) is 3.06. The van der Waals surface area contributed by atoms with Crippen LogP contribution in [0, 0.1) is 6.92 Å². The molecule has 8 heteroatoms. The van der Waals surface area contributed by atoms with Gasteiger partial charge in [0.05, 0.1) is 16.3 Å². The molecule has 3 rings (SSSR count). The van der Waals surface area contributed by atoms with Crippen molar-refractivity contribution >= 4 is 27.5 Å². The van der Waals surface area contributed by atoms with Crippen LogP contribution in [0.5, 0.6) is 0 Å². The molecule has 0 spiro atoms. The van der Waals surface area contributed by atoms with Crippen LogP contribution in [0.2, 0.25) is 0 Å². The molecule has 1 N–H and O–H groups in total. The van der Waals surface area contributed by atoms with Crippen molar-refractivity contribution in [2.75, 3.05) is 16.7 Å². The van der Waals surface area contributed by atoms with E-state index in [2.05, 4.69) is 10.5 Å². The molecule has 1 amide bonds. The van der Waals surface area contributed by atoms with Gasteiger partial charge in [-0.3, -0.25) is 14.4 Å². The number of benzene rings is 2. The summed E-state index contributed by atoms with van der Waals surface area (Å²) < 4.78 is 31.5. The van der Waals surface area contributed by atoms with Crippen molar-refractivity contribution in [3.63, 3.8) is 0 Å². The van der Waals surface area contributed by atoms with Crippen LogP contribution in [0.15, 0.2) is 70.1 Å². The Bertz CT molecular complexity index is 1010. The number of sulfonamides is 1. The zero-order valence-electron chi connectivity index (χ0n) is 14.2. The van der Waals surface area contributed by atoms with E-state index < -0.39 is 15.9 Å². The van der Waals surface area contributed by atoms with Crippen LogP contribution in [-0.2, 0) is 10.0 Å². The Hall–Kier alpha value is -3.13. The number of aromatic nitrogens is 1. The van der Waals surface area contributed by atoms with Gasteiger partial charge in [0.1, 0.15) is 0 Å². The summed E-state index contributed by atoms with van der Waals surface area (Å²) in [5.41, 5.74) is 1.50. The first-order chi connectivity index (χ1) is 12.4. The van der Waals surface area contributed by atoms with Gasteiger partial charge in [-0.2, -0.15) is 0 Å². The van der Waals surface area contributed by atoms with E-state index in [1.165, 1.54) is 35.6 Å². The highest BCUT2D eigenvalue weighted by Gasteiger charge is 2.21. The van der Waals surface area contributed by atoms with Crippen LogP contribution in [0.25, 0.3) is 0 Å². The van der Waals surface area contributed by atoms with Gasteiger partial charge < -0.3 is 4.52 Å². The van der Waals surface area contributed by atoms with Crippen molar-refractivity contribution in [1.82, 2.24) is 5.16 Å². The molecule has 2 aromatic carbocycles. The molecule has 0 atom stereocenters. The zero-order chi connectivity index (χ0) is 18.7. The van der Waals surface area contributed by atoms with Crippen molar-refractivity contribution in [1.29, 1.82) is 0 Å². The Labute approximate surface area is 151 Å². The van der Waals surface area contributed by atoms with Gasteiger partial charge in [0.25, 0.3) is 15.9 Å². The van der Waals surface area contributed by atoms with Gasteiger partial charge in [-0.25, -0.2) is 8.42 Å². The van der Waals surface area contributed by atoms with Gasteiger partial charge in [0.2, 0.25) is 5.88 Å². The van der Waals surface area contributed by atoms with Gasteiger partial charge >= 0.3 is 0 Å². The van der Waals surface area contributed by atoms with E-state index in [0.717, 1.165) is 0 Å². The van der Waals surface area contributed by atoms with Crippen LogP contribution in [0.4, 0.5) is 11.6 Å². The Kier molecular flexibility index (Phi) is 4.77. The lowest BCUT2D eigenvalue weighted by atomic mass is 10.2. The highest BCUT2D eigenvalue weighted by atomic mass is 32.2. The first-order valence-electron chi connectivity index (χ1n) is 7.76. The largest absolute Gasteiger partial charge is 0.338 e. The lowest BCUT2D eigenvalue weighted by Gasteiger charge is -2.19. The van der Waals surface area contributed by atoms with Crippen molar-refractivity contribution in [2.24, 2.45) is 0 Å². The van der Waals surface area contributed by atoms with Crippen LogP contribution in [0.1, 0.15) is 16.1 Å². The smallest absolute Gasteiger partial charge is 0.264 e. The summed E-state index contributed by atoms with van der Waals surface area (Å²) in [5, 5.41) is 6.24. The van der Waals surface area contributed by atoms with Gasteiger partial charge in [-0.15, -0.1) is 0 Å². The molecular formula is C18H17N3O4S. The van der Waals surface area contributed by atoms with Crippen molar-refractivity contribution in [3.8, 4) is 0 Å². The number of rotatable bonds is 5. The molecule has 134 valence electrons. The summed E-state index contributed by atoms with van der Waals surface area (Å²) in [7, 11) is -2.23. The third kappa shape index (κ3) is 3.60. The van der Waals surface area contributed by atoms with E-state index in [-0.39, 0.29) is 10.8 Å². The molecule has 0 bridgehead atoms. The monoisotopic (exact) mass is 371 g/mol. The number of aryl methyl sites for hydroxylation is 1. The lowest BCUT2D eigenvalue weighted by molar-refractivity contribution is 0.102. The van der Waals surface area contributed by atoms with Gasteiger partial charge in [0, 0.05) is 18.7 Å². The minimum atomic E-state index is -3.72. The Morgan fingerprint density at radius 2 is 1.73 bits per heavy atom. The molecule has 26 heavy (non-hydrogen) atoms. The maximum atomic E-state index is 12.7. The molecule has 0 fully saturated rings. The molecule has 0 saturated carbocycles. The minimum Gasteiger partial charge on any atom is -0.338 e. The molecule has 0 aliphatic heterocycles. The number of nitrogens with one attached hydrogen (secondary N) is 1. The topological polar surface area (TPSA) is 92.5 Å². The molecule has 0 radical (unpaired) electrons. The van der Waals surface area contributed by atoms with Crippen molar-refractivity contribution in [3.05, 3.63) is 71.9 Å². The van der Waals surface area contributed by atoms with Crippen molar-refractivity contribution < 1.29 is 17.7 Å². The predicted molar refractivity (Wildman–Crippen MR) is 97.7 cm³/mol. The van der Waals surface area contributed by atoms with Crippen LogP contribution >= 0.6 is 0 Å². The number of amides is 1. The van der Waals surface area contributed by atoms with Gasteiger partial charge in [-0.1, -0.05) is 23.4 Å². The number of hydrogen-bond donors (Lipinski definition) is 1. The molecular weight excluding hydrogens is 354 g/mol. The van der Waals surface area contributed by atoms with E-state index in [1.54, 1.807) is 37.3 Å². The fraction of sp³-hybridized carbons (Fsp3) is 0.111. The highest BCUT2D eigenvalue weighted by Crippen LogP contribution is 2.22. The third-order valence-corrected chi connectivity index (χ3v) is 5.56. The average molecular weight is 371 g/mol. The number of para-hydroxylation sites is 1. The fourth-order valence-electron chi connectivity index (χ4n) is 2.32. The molecule has 1 heterocycles. The number of nitrogens with zero attached hydrogens (tertiary/aromatic N) is 2. The summed E-state index contributed by atoms with van der Waals surface area (Å²) in [4.78, 5) is 12.3. The summed E-state index contributed by atoms with van der Waals surface area (Å²) >= 11 is 0. The molecule has 0 unspecified atom stereocenters. The Balaban J connectivity index is 1.79. The van der Waals surface area contributed by atoms with Crippen molar-refractivity contribution in [2.45, 2.75) is 11.8 Å². The maximum absolute atomic E-state index is 12.7. The molecule has 0 aliphatic carbocycles. The molecule has 0 saturated heterocycles. The van der Waals surface area contributed by atoms with Gasteiger partial charge in [0.15, 0.2) is 0 Å². The number of carbonyl (C=O) groups is 1. The van der Waals surface area contributed by atoms with E-state index in [1.807, 2.05) is 6.07 Å². The molecule has 7 nitrogen and oxygen atoms in total. The number of hydrogen-bond acceptors (Lipinski definition) is 5. The second-order valence-corrected chi connectivity index (χ2v) is 7.59. The van der Waals surface area contributed by atoms with Crippen LogP contribution in [0.3, 0.4) is 0 Å². The second-order valence-electron chi connectivity index (χ2n) is 5.62. The second kappa shape index (κ2) is 7.01. The summed E-state index contributed by atoms with van der Waals surface area (Å²) in [6.45, 7) is 1.74. The van der Waals surface area contributed by atoms with Gasteiger partial charge in [-0.05, 0) is 43.3 Å². The normalized spacial score (nSPS) is 11.2. The van der Waals surface area contributed by atoms with E-state index >= 15 is 0 Å². The number of carbonyl (C=O) groups excluding carboxylic acids is 1. The quantitative estimate of drug-likeness (QED) is 0.744. The standard InChI is InChI=1S/C18H17N3O4S/c1-13-12-17(25-20-13)19-18(22)14-8-10-16(11-9-14)26(23,24)21(2)15-6-4-3-5-7-15/h3-12H,1-2H3,(H,19,22). The number of anilines is 2. The minimum absolute atomic E-state index is 0.0934. The Morgan fingerprint density at radius 1 is 1.08 bits per heavy atom. The SMILES string of the molecule is Cc1cc(NC(=O)c2ccc(S(=O)(=O)N(C)c3ccccc3)cc2)on1. The predicted octanol–water partition coefficient (Wildman–Crippen LogP) is 3.06. The first-order valence-corrected chi connectivity index (χ1v) is 9.20. The third-order valence-electron chi connectivity index (χ3n) is 3.76. The summed E-state index contributed by atoms with van der Waals surface area (Å²) in [5.74, 6) is -0.186. The first kappa shape index (κ1) is 17.7. The maximum Gasteiger partial charge on any atom is 0.264 e. The van der Waals surface area contributed by atoms with E-state index in [4.69, 9.17) is 4.52 Å². The summed E-state index contributed by atoms with van der Waals surface area (Å²) in [6.07, 6.45) is 0. The molecule has 3 aromatic rings. The van der Waals surface area contributed by atoms with Crippen LogP contribution in [-0.4, -0.2) is 26.5 Å². The lowest BCUT2D eigenvalue weighted by Crippen LogP contribution is -2.26. The zero-order valence-corrected chi connectivity index (χ0v) is 15.0. The Morgan fingerprint density at radius 3 is 2.31 bits per heavy atom. The van der Waals surface area contributed by atoms with E-state index in [0.29, 0.717) is 16.9 Å². The highest BCUT2D eigenvalue weighted by molar-refractivity contribution is 7.92. The van der Waals surface area contributed by atoms with Crippen LogP contribution < -0.4 is 9.62 Å². The van der Waals surface area contributed by atoms with E-state index in [9.17, 15) is 13.2 Å². The fourth-order valence-corrected chi connectivity index (χ4v) is 3.52.